The summed E-state index contributed by atoms with van der Waals surface area (Å²) in [6.45, 7) is 0.860. The molecule has 1 aromatic heterocycles. The molecule has 2 aromatic rings. The molecule has 0 saturated heterocycles. The predicted molar refractivity (Wildman–Crippen MR) is 80.4 cm³/mol. The van der Waals surface area contributed by atoms with E-state index < -0.39 is 0 Å². The Morgan fingerprint density at radius 3 is 2.80 bits per heavy atom. The highest BCUT2D eigenvalue weighted by Gasteiger charge is 2.26. The molecule has 0 unspecified atom stereocenters. The topological polar surface area (TPSA) is 29.9 Å². The number of rotatable bonds is 5. The van der Waals surface area contributed by atoms with Crippen LogP contribution < -0.4 is 5.32 Å². The molecule has 3 nitrogen and oxygen atoms in total. The molecule has 2 aliphatic rings. The first-order valence-electron chi connectivity index (χ1n) is 7.37. The molecule has 1 N–H and O–H groups in total. The van der Waals surface area contributed by atoms with E-state index in [2.05, 4.69) is 23.6 Å². The van der Waals surface area contributed by atoms with Gasteiger partial charge in [0.15, 0.2) is 0 Å². The van der Waals surface area contributed by atoms with E-state index in [0.29, 0.717) is 12.0 Å². The van der Waals surface area contributed by atoms with Gasteiger partial charge in [-0.05, 0) is 55.5 Å². The third-order valence-corrected chi connectivity index (χ3v) is 4.29. The van der Waals surface area contributed by atoms with Gasteiger partial charge >= 0.3 is 0 Å². The Hall–Kier alpha value is -1.32. The predicted octanol–water partition coefficient (Wildman–Crippen LogP) is 3.66. The number of hydrogen-bond acceptors (Lipinski definition) is 2. The first kappa shape index (κ1) is 12.4. The van der Waals surface area contributed by atoms with E-state index in [0.717, 1.165) is 17.3 Å². The third kappa shape index (κ3) is 2.60. The fourth-order valence-electron chi connectivity index (χ4n) is 2.53. The number of hydrogen-bond donors (Lipinski definition) is 1. The van der Waals surface area contributed by atoms with Gasteiger partial charge in [0.2, 0.25) is 0 Å². The van der Waals surface area contributed by atoms with Crippen molar-refractivity contribution in [1.29, 1.82) is 0 Å². The van der Waals surface area contributed by atoms with Gasteiger partial charge in [0.1, 0.15) is 0 Å². The van der Waals surface area contributed by atoms with Crippen LogP contribution in [0.2, 0.25) is 5.02 Å². The fraction of sp³-hybridized carbons (Fsp3) is 0.438. The number of nitrogens with one attached hydrogen (secondary N) is 1. The summed E-state index contributed by atoms with van der Waals surface area (Å²) < 4.78 is 1.99. The van der Waals surface area contributed by atoms with Crippen molar-refractivity contribution in [3.63, 3.8) is 0 Å². The molecule has 0 amide bonds. The molecule has 1 aromatic carbocycles. The highest BCUT2D eigenvalue weighted by atomic mass is 35.5. The number of aromatic nitrogens is 2. The van der Waals surface area contributed by atoms with Crippen molar-refractivity contribution in [2.24, 2.45) is 0 Å². The summed E-state index contributed by atoms with van der Waals surface area (Å²) >= 11 is 6.14. The average Bonchev–Trinajstić information content (AvgIpc) is 3.37. The number of halogens is 1. The van der Waals surface area contributed by atoms with Crippen LogP contribution in [0.4, 0.5) is 0 Å². The SMILES string of the molecule is Clc1ccc(-n2ccc(C3CC3)n2)c(CNC2CC2)c1. The normalized spacial score (nSPS) is 18.4. The quantitative estimate of drug-likeness (QED) is 0.909. The average molecular weight is 288 g/mol. The lowest BCUT2D eigenvalue weighted by Gasteiger charge is -2.11. The molecule has 1 heterocycles. The lowest BCUT2D eigenvalue weighted by atomic mass is 10.1. The third-order valence-electron chi connectivity index (χ3n) is 4.05. The minimum absolute atomic E-state index is 0.691. The summed E-state index contributed by atoms with van der Waals surface area (Å²) in [4.78, 5) is 0. The Balaban J connectivity index is 1.63. The van der Waals surface area contributed by atoms with Crippen LogP contribution in [-0.4, -0.2) is 15.8 Å². The Labute approximate surface area is 123 Å². The molecule has 0 spiro atoms. The smallest absolute Gasteiger partial charge is 0.0691 e. The minimum atomic E-state index is 0.691. The molecule has 2 aliphatic carbocycles. The fourth-order valence-corrected chi connectivity index (χ4v) is 2.72. The summed E-state index contributed by atoms with van der Waals surface area (Å²) in [6.07, 6.45) is 7.23. The molecule has 2 saturated carbocycles. The highest BCUT2D eigenvalue weighted by Crippen LogP contribution is 2.39. The highest BCUT2D eigenvalue weighted by molar-refractivity contribution is 6.30. The van der Waals surface area contributed by atoms with Crippen LogP contribution in [-0.2, 0) is 6.54 Å². The van der Waals surface area contributed by atoms with Crippen molar-refractivity contribution in [3.8, 4) is 5.69 Å². The molecule has 0 radical (unpaired) electrons. The van der Waals surface area contributed by atoms with Gasteiger partial charge < -0.3 is 5.32 Å². The van der Waals surface area contributed by atoms with E-state index in [4.69, 9.17) is 16.7 Å². The summed E-state index contributed by atoms with van der Waals surface area (Å²) in [5, 5.41) is 9.06. The van der Waals surface area contributed by atoms with E-state index in [1.165, 1.54) is 36.9 Å². The van der Waals surface area contributed by atoms with Gasteiger partial charge in [-0.2, -0.15) is 5.10 Å². The van der Waals surface area contributed by atoms with Crippen LogP contribution in [0.15, 0.2) is 30.5 Å². The first-order valence-corrected chi connectivity index (χ1v) is 7.75. The van der Waals surface area contributed by atoms with Crippen LogP contribution in [0, 0.1) is 0 Å². The number of benzene rings is 1. The largest absolute Gasteiger partial charge is 0.310 e. The second kappa shape index (κ2) is 4.90. The van der Waals surface area contributed by atoms with Crippen molar-refractivity contribution < 1.29 is 0 Å². The maximum absolute atomic E-state index is 6.14. The van der Waals surface area contributed by atoms with E-state index in [-0.39, 0.29) is 0 Å². The van der Waals surface area contributed by atoms with Crippen molar-refractivity contribution in [1.82, 2.24) is 15.1 Å². The standard InChI is InChI=1S/C16H18ClN3/c17-13-3-6-16(12(9-13)10-18-14-4-5-14)20-8-7-15(19-20)11-1-2-11/h3,6-9,11,14,18H,1-2,4-5,10H2. The van der Waals surface area contributed by atoms with Crippen molar-refractivity contribution in [2.75, 3.05) is 0 Å². The zero-order valence-electron chi connectivity index (χ0n) is 11.3. The molecule has 2 fully saturated rings. The maximum atomic E-state index is 6.14. The Morgan fingerprint density at radius 1 is 1.20 bits per heavy atom. The van der Waals surface area contributed by atoms with Gasteiger partial charge in [0.05, 0.1) is 11.4 Å². The second-order valence-corrected chi connectivity index (χ2v) is 6.32. The summed E-state index contributed by atoms with van der Waals surface area (Å²) in [5.41, 5.74) is 3.57. The molecular weight excluding hydrogens is 270 g/mol. The Kier molecular flexibility index (Phi) is 3.04. The van der Waals surface area contributed by atoms with Crippen molar-refractivity contribution in [2.45, 2.75) is 44.2 Å². The van der Waals surface area contributed by atoms with Gasteiger partial charge in [-0.3, -0.25) is 0 Å². The molecule has 0 aliphatic heterocycles. The van der Waals surface area contributed by atoms with Crippen LogP contribution >= 0.6 is 11.6 Å². The van der Waals surface area contributed by atoms with Crippen molar-refractivity contribution in [3.05, 3.63) is 46.7 Å². The van der Waals surface area contributed by atoms with Gasteiger partial charge in [0, 0.05) is 29.7 Å². The molecule has 104 valence electrons. The van der Waals surface area contributed by atoms with Crippen LogP contribution in [0.1, 0.15) is 42.9 Å². The zero-order chi connectivity index (χ0) is 13.5. The summed E-state index contributed by atoms with van der Waals surface area (Å²) in [7, 11) is 0. The Bertz CT molecular complexity index is 626. The van der Waals surface area contributed by atoms with E-state index in [1.54, 1.807) is 0 Å². The summed E-state index contributed by atoms with van der Waals surface area (Å²) in [5.74, 6) is 0.691. The Morgan fingerprint density at radius 2 is 2.05 bits per heavy atom. The summed E-state index contributed by atoms with van der Waals surface area (Å²) in [6, 6.07) is 8.89. The lowest BCUT2D eigenvalue weighted by molar-refractivity contribution is 0.680. The monoisotopic (exact) mass is 287 g/mol. The molecule has 0 atom stereocenters. The van der Waals surface area contributed by atoms with Gasteiger partial charge in [-0.15, -0.1) is 0 Å². The van der Waals surface area contributed by atoms with E-state index in [1.807, 2.05) is 16.8 Å². The van der Waals surface area contributed by atoms with E-state index >= 15 is 0 Å². The van der Waals surface area contributed by atoms with Gasteiger partial charge in [-0.25, -0.2) is 4.68 Å². The molecular formula is C16H18ClN3. The van der Waals surface area contributed by atoms with Gasteiger partial charge in [0.25, 0.3) is 0 Å². The van der Waals surface area contributed by atoms with Crippen LogP contribution in [0.25, 0.3) is 5.69 Å². The maximum Gasteiger partial charge on any atom is 0.0691 e. The molecule has 0 bridgehead atoms. The number of nitrogens with zero attached hydrogens (tertiary/aromatic N) is 2. The van der Waals surface area contributed by atoms with Gasteiger partial charge in [-0.1, -0.05) is 11.6 Å². The molecule has 20 heavy (non-hydrogen) atoms. The van der Waals surface area contributed by atoms with Crippen molar-refractivity contribution >= 4 is 11.6 Å². The zero-order valence-corrected chi connectivity index (χ0v) is 12.1. The minimum Gasteiger partial charge on any atom is -0.310 e. The second-order valence-electron chi connectivity index (χ2n) is 5.89. The molecule has 4 heteroatoms. The lowest BCUT2D eigenvalue weighted by Crippen LogP contribution is -2.17. The van der Waals surface area contributed by atoms with Crippen LogP contribution in [0.3, 0.4) is 0 Å². The first-order chi connectivity index (χ1) is 9.79. The molecule has 4 rings (SSSR count). The van der Waals surface area contributed by atoms with Crippen LogP contribution in [0.5, 0.6) is 0 Å². The van der Waals surface area contributed by atoms with E-state index in [9.17, 15) is 0 Å².